The van der Waals surface area contributed by atoms with E-state index in [-0.39, 0.29) is 16.1 Å². The Balaban J connectivity index is 2.02. The van der Waals surface area contributed by atoms with Crippen molar-refractivity contribution in [2.75, 3.05) is 5.32 Å². The molecule has 0 fully saturated rings. The van der Waals surface area contributed by atoms with Gasteiger partial charge in [-0.05, 0) is 43.3 Å². The second-order valence-corrected chi connectivity index (χ2v) is 5.44. The molecule has 0 saturated carbocycles. The maximum Gasteiger partial charge on any atom is 0.338 e. The van der Waals surface area contributed by atoms with Crippen LogP contribution in [-0.2, 0) is 9.53 Å². The molecule has 0 heterocycles. The molecule has 6 nitrogen and oxygen atoms in total. The third-order valence-corrected chi connectivity index (χ3v) is 3.55. The Bertz CT molecular complexity index is 913. The highest BCUT2D eigenvalue weighted by molar-refractivity contribution is 6.32. The van der Waals surface area contributed by atoms with E-state index in [1.54, 1.807) is 12.1 Å². The van der Waals surface area contributed by atoms with E-state index in [1.807, 2.05) is 12.1 Å². The van der Waals surface area contributed by atoms with Gasteiger partial charge in [-0.2, -0.15) is 10.5 Å². The fourth-order valence-electron chi connectivity index (χ4n) is 1.93. The molecule has 0 saturated heterocycles. The van der Waals surface area contributed by atoms with Gasteiger partial charge in [0.1, 0.15) is 6.07 Å². The van der Waals surface area contributed by atoms with Crippen LogP contribution in [-0.4, -0.2) is 18.0 Å². The highest BCUT2D eigenvalue weighted by Gasteiger charge is 2.19. The molecule has 0 aliphatic carbocycles. The second-order valence-electron chi connectivity index (χ2n) is 5.04. The van der Waals surface area contributed by atoms with Gasteiger partial charge in [-0.3, -0.25) is 4.79 Å². The molecule has 0 bridgehead atoms. The molecule has 1 N–H and O–H groups in total. The SMILES string of the molecule is C[C@@H](OC(=O)c1cccc(C#N)c1)C(=O)Nc1ccc(C#N)c(Cl)c1. The van der Waals surface area contributed by atoms with E-state index >= 15 is 0 Å². The van der Waals surface area contributed by atoms with Crippen molar-refractivity contribution in [3.8, 4) is 12.1 Å². The Morgan fingerprint density at radius 1 is 1.16 bits per heavy atom. The molecule has 1 atom stereocenters. The van der Waals surface area contributed by atoms with Gasteiger partial charge in [-0.25, -0.2) is 4.79 Å². The molecule has 0 aliphatic rings. The van der Waals surface area contributed by atoms with Crippen LogP contribution in [0.15, 0.2) is 42.5 Å². The van der Waals surface area contributed by atoms with Gasteiger partial charge in [-0.1, -0.05) is 17.7 Å². The minimum Gasteiger partial charge on any atom is -0.449 e. The third kappa shape index (κ3) is 4.57. The smallest absolute Gasteiger partial charge is 0.338 e. The molecule has 1 amide bonds. The van der Waals surface area contributed by atoms with Gasteiger partial charge in [-0.15, -0.1) is 0 Å². The lowest BCUT2D eigenvalue weighted by molar-refractivity contribution is -0.123. The summed E-state index contributed by atoms with van der Waals surface area (Å²) in [7, 11) is 0. The largest absolute Gasteiger partial charge is 0.449 e. The summed E-state index contributed by atoms with van der Waals surface area (Å²) >= 11 is 5.90. The van der Waals surface area contributed by atoms with E-state index in [4.69, 9.17) is 26.9 Å². The van der Waals surface area contributed by atoms with E-state index < -0.39 is 18.0 Å². The Morgan fingerprint density at radius 2 is 1.92 bits per heavy atom. The first-order valence-corrected chi connectivity index (χ1v) is 7.54. The van der Waals surface area contributed by atoms with Crippen LogP contribution < -0.4 is 5.32 Å². The molecular formula is C18H12ClN3O3. The summed E-state index contributed by atoms with van der Waals surface area (Å²) in [6, 6.07) is 14.3. The van der Waals surface area contributed by atoms with E-state index in [9.17, 15) is 9.59 Å². The first-order chi connectivity index (χ1) is 11.9. The Labute approximate surface area is 149 Å². The van der Waals surface area contributed by atoms with E-state index in [1.165, 1.54) is 37.3 Å². The molecule has 0 unspecified atom stereocenters. The highest BCUT2D eigenvalue weighted by atomic mass is 35.5. The van der Waals surface area contributed by atoms with Crippen molar-refractivity contribution < 1.29 is 14.3 Å². The first kappa shape index (κ1) is 18.0. The van der Waals surface area contributed by atoms with Crippen LogP contribution in [0.2, 0.25) is 5.02 Å². The fourth-order valence-corrected chi connectivity index (χ4v) is 2.15. The number of anilines is 1. The van der Waals surface area contributed by atoms with Gasteiger partial charge < -0.3 is 10.1 Å². The number of carbonyl (C=O) groups excluding carboxylic acids is 2. The Hall–Kier alpha value is -3.35. The van der Waals surface area contributed by atoms with E-state index in [0.29, 0.717) is 11.3 Å². The molecule has 0 aromatic heterocycles. The summed E-state index contributed by atoms with van der Waals surface area (Å²) in [6.45, 7) is 1.42. The van der Waals surface area contributed by atoms with Crippen molar-refractivity contribution in [3.05, 3.63) is 64.2 Å². The lowest BCUT2D eigenvalue weighted by Gasteiger charge is -2.14. The summed E-state index contributed by atoms with van der Waals surface area (Å²) < 4.78 is 5.10. The van der Waals surface area contributed by atoms with Crippen molar-refractivity contribution in [3.63, 3.8) is 0 Å². The molecule has 25 heavy (non-hydrogen) atoms. The number of hydrogen-bond acceptors (Lipinski definition) is 5. The Morgan fingerprint density at radius 3 is 2.56 bits per heavy atom. The maximum absolute atomic E-state index is 12.1. The molecule has 2 aromatic rings. The molecule has 124 valence electrons. The van der Waals surface area contributed by atoms with Crippen molar-refractivity contribution in [1.29, 1.82) is 10.5 Å². The number of benzene rings is 2. The topological polar surface area (TPSA) is 103 Å². The minimum absolute atomic E-state index is 0.181. The van der Waals surface area contributed by atoms with Crippen LogP contribution in [0.1, 0.15) is 28.4 Å². The summed E-state index contributed by atoms with van der Waals surface area (Å²) in [4.78, 5) is 24.2. The van der Waals surface area contributed by atoms with Crippen LogP contribution >= 0.6 is 11.6 Å². The molecule has 0 aliphatic heterocycles. The monoisotopic (exact) mass is 353 g/mol. The summed E-state index contributed by atoms with van der Waals surface area (Å²) in [5.74, 6) is -1.26. The zero-order valence-electron chi connectivity index (χ0n) is 13.1. The van der Waals surface area contributed by atoms with Gasteiger partial charge in [0.25, 0.3) is 5.91 Å². The number of nitrogens with zero attached hydrogens (tertiary/aromatic N) is 2. The fraction of sp³-hybridized carbons (Fsp3) is 0.111. The standard InChI is InChI=1S/C18H12ClN3O3/c1-11(25-18(24)13-4-2-3-12(7-13)9-20)17(23)22-15-6-5-14(10-21)16(19)8-15/h2-8,11H,1H3,(H,22,23)/t11-/m1/s1. The lowest BCUT2D eigenvalue weighted by Crippen LogP contribution is -2.30. The number of halogens is 1. The number of ether oxygens (including phenoxy) is 1. The van der Waals surface area contributed by atoms with Crippen molar-refractivity contribution in [1.82, 2.24) is 0 Å². The van der Waals surface area contributed by atoms with Crippen LogP contribution in [0.4, 0.5) is 5.69 Å². The van der Waals surface area contributed by atoms with Crippen LogP contribution in [0.3, 0.4) is 0 Å². The zero-order chi connectivity index (χ0) is 18.4. The van der Waals surface area contributed by atoms with Gasteiger partial charge in [0, 0.05) is 5.69 Å². The quantitative estimate of drug-likeness (QED) is 0.849. The number of amides is 1. The number of rotatable bonds is 4. The average Bonchev–Trinajstić information content (AvgIpc) is 2.61. The normalized spacial score (nSPS) is 10.9. The molecule has 2 aromatic carbocycles. The van der Waals surface area contributed by atoms with Crippen LogP contribution in [0, 0.1) is 22.7 Å². The van der Waals surface area contributed by atoms with E-state index in [2.05, 4.69) is 5.32 Å². The number of hydrogen-bond donors (Lipinski definition) is 1. The Kier molecular flexibility index (Phi) is 5.73. The van der Waals surface area contributed by atoms with Crippen molar-refractivity contribution in [2.45, 2.75) is 13.0 Å². The van der Waals surface area contributed by atoms with Crippen molar-refractivity contribution in [2.24, 2.45) is 0 Å². The summed E-state index contributed by atoms with van der Waals surface area (Å²) in [5, 5.41) is 20.4. The van der Waals surface area contributed by atoms with Gasteiger partial charge in [0.15, 0.2) is 6.10 Å². The summed E-state index contributed by atoms with van der Waals surface area (Å²) in [6.07, 6.45) is -1.06. The number of nitrogens with one attached hydrogen (secondary N) is 1. The van der Waals surface area contributed by atoms with Crippen molar-refractivity contribution >= 4 is 29.2 Å². The van der Waals surface area contributed by atoms with Crippen LogP contribution in [0.5, 0.6) is 0 Å². The predicted molar refractivity (Wildman–Crippen MR) is 90.8 cm³/mol. The lowest BCUT2D eigenvalue weighted by atomic mass is 10.1. The molecule has 0 spiro atoms. The molecule has 0 radical (unpaired) electrons. The van der Waals surface area contributed by atoms with Crippen LogP contribution in [0.25, 0.3) is 0 Å². The maximum atomic E-state index is 12.1. The zero-order valence-corrected chi connectivity index (χ0v) is 13.9. The van der Waals surface area contributed by atoms with Gasteiger partial charge in [0.05, 0.1) is 27.8 Å². The summed E-state index contributed by atoms with van der Waals surface area (Å²) in [5.41, 5.74) is 1.17. The number of esters is 1. The first-order valence-electron chi connectivity index (χ1n) is 7.16. The molecule has 2 rings (SSSR count). The second kappa shape index (κ2) is 7.96. The molecular weight excluding hydrogens is 342 g/mol. The number of nitriles is 2. The van der Waals surface area contributed by atoms with E-state index in [0.717, 1.165) is 0 Å². The minimum atomic E-state index is -1.06. The average molecular weight is 354 g/mol. The van der Waals surface area contributed by atoms with Gasteiger partial charge in [0.2, 0.25) is 0 Å². The molecule has 7 heteroatoms. The van der Waals surface area contributed by atoms with Gasteiger partial charge >= 0.3 is 5.97 Å². The number of carbonyl (C=O) groups is 2. The predicted octanol–water partition coefficient (Wildman–Crippen LogP) is 3.27. The highest BCUT2D eigenvalue weighted by Crippen LogP contribution is 2.20. The third-order valence-electron chi connectivity index (χ3n) is 3.24.